The quantitative estimate of drug-likeness (QED) is 0.202. The first-order chi connectivity index (χ1) is 13.4. The molecule has 3 nitrogen and oxygen atoms in total. The van der Waals surface area contributed by atoms with Crippen LogP contribution in [0, 0.1) is 6.92 Å². The summed E-state index contributed by atoms with van der Waals surface area (Å²) in [5.41, 5.74) is 2.33. The molecule has 0 aliphatic carbocycles. The standard InChI is InChI=1S/C22H27BrClNO2S/c1-4-27-22(26)13-5-6-14-25(17(3)18-9-7-10-19(23)15-18)28-21-12-8-11-20(24)16(21)2/h7-12,15,17H,4-6,13-14H2,1-3H3. The van der Waals surface area contributed by atoms with Gasteiger partial charge in [0.15, 0.2) is 0 Å². The highest BCUT2D eigenvalue weighted by molar-refractivity contribution is 9.10. The van der Waals surface area contributed by atoms with Gasteiger partial charge in [-0.1, -0.05) is 45.7 Å². The van der Waals surface area contributed by atoms with Gasteiger partial charge >= 0.3 is 5.97 Å². The van der Waals surface area contributed by atoms with Crippen LogP contribution in [0.15, 0.2) is 51.8 Å². The van der Waals surface area contributed by atoms with Crippen LogP contribution in [0.2, 0.25) is 5.02 Å². The second kappa shape index (κ2) is 11.9. The average Bonchev–Trinajstić information content (AvgIpc) is 2.67. The van der Waals surface area contributed by atoms with E-state index in [2.05, 4.69) is 51.4 Å². The first-order valence-corrected chi connectivity index (χ1v) is 11.5. The lowest BCUT2D eigenvalue weighted by molar-refractivity contribution is -0.143. The molecule has 2 aromatic rings. The second-order valence-corrected chi connectivity index (χ2v) is 9.00. The van der Waals surface area contributed by atoms with E-state index in [4.69, 9.17) is 16.3 Å². The molecule has 0 spiro atoms. The fourth-order valence-corrected chi connectivity index (χ4v) is 4.62. The summed E-state index contributed by atoms with van der Waals surface area (Å²) in [6.07, 6.45) is 2.20. The van der Waals surface area contributed by atoms with Crippen LogP contribution in [-0.2, 0) is 9.53 Å². The highest BCUT2D eigenvalue weighted by atomic mass is 79.9. The third-order valence-corrected chi connectivity index (χ3v) is 6.79. The minimum absolute atomic E-state index is 0.118. The minimum Gasteiger partial charge on any atom is -0.466 e. The third-order valence-electron chi connectivity index (χ3n) is 4.51. The Kier molecular flexibility index (Phi) is 9.86. The summed E-state index contributed by atoms with van der Waals surface area (Å²) in [4.78, 5) is 12.7. The molecule has 0 fully saturated rings. The van der Waals surface area contributed by atoms with Gasteiger partial charge in [-0.05, 0) is 81.0 Å². The van der Waals surface area contributed by atoms with Gasteiger partial charge < -0.3 is 4.74 Å². The predicted molar refractivity (Wildman–Crippen MR) is 122 cm³/mol. The van der Waals surface area contributed by atoms with Crippen LogP contribution in [0.1, 0.15) is 50.3 Å². The van der Waals surface area contributed by atoms with Crippen LogP contribution >= 0.6 is 39.5 Å². The van der Waals surface area contributed by atoms with E-state index in [0.29, 0.717) is 13.0 Å². The number of unbranched alkanes of at least 4 members (excludes halogenated alkanes) is 1. The van der Waals surface area contributed by atoms with Crippen molar-refractivity contribution in [3.63, 3.8) is 0 Å². The Labute approximate surface area is 186 Å². The molecule has 1 unspecified atom stereocenters. The normalized spacial score (nSPS) is 12.2. The van der Waals surface area contributed by atoms with Crippen molar-refractivity contribution in [3.05, 3.63) is 63.1 Å². The molecule has 0 amide bonds. The highest BCUT2D eigenvalue weighted by Gasteiger charge is 2.19. The summed E-state index contributed by atoms with van der Waals surface area (Å²) >= 11 is 11.6. The zero-order valence-electron chi connectivity index (χ0n) is 16.6. The van der Waals surface area contributed by atoms with Gasteiger partial charge in [0.2, 0.25) is 0 Å². The van der Waals surface area contributed by atoms with Crippen LogP contribution in [0.25, 0.3) is 0 Å². The molecular formula is C22H27BrClNO2S. The van der Waals surface area contributed by atoms with Crippen LogP contribution in [-0.4, -0.2) is 23.4 Å². The largest absolute Gasteiger partial charge is 0.466 e. The Hall–Kier alpha value is -1.01. The number of carbonyl (C=O) groups is 1. The zero-order chi connectivity index (χ0) is 20.5. The molecular weight excluding hydrogens is 458 g/mol. The minimum atomic E-state index is -0.118. The van der Waals surface area contributed by atoms with Gasteiger partial charge in [0.05, 0.1) is 6.61 Å². The Morgan fingerprint density at radius 2 is 2.00 bits per heavy atom. The second-order valence-electron chi connectivity index (χ2n) is 6.59. The Morgan fingerprint density at radius 1 is 1.25 bits per heavy atom. The van der Waals surface area contributed by atoms with Crippen LogP contribution in [0.4, 0.5) is 0 Å². The Bertz CT molecular complexity index is 787. The van der Waals surface area contributed by atoms with E-state index in [0.717, 1.165) is 39.3 Å². The number of halogens is 2. The summed E-state index contributed by atoms with van der Waals surface area (Å²) in [7, 11) is 0. The van der Waals surface area contributed by atoms with Crippen molar-refractivity contribution in [1.82, 2.24) is 4.31 Å². The summed E-state index contributed by atoms with van der Waals surface area (Å²) in [6.45, 7) is 7.40. The third kappa shape index (κ3) is 7.11. The SMILES string of the molecule is CCOC(=O)CCCCN(Sc1cccc(Cl)c1C)C(C)c1cccc(Br)c1. The Morgan fingerprint density at radius 3 is 2.71 bits per heavy atom. The number of carbonyl (C=O) groups excluding carboxylic acids is 1. The molecule has 0 radical (unpaired) electrons. The zero-order valence-corrected chi connectivity index (χ0v) is 19.7. The molecule has 0 saturated heterocycles. The lowest BCUT2D eigenvalue weighted by Crippen LogP contribution is -2.22. The first-order valence-electron chi connectivity index (χ1n) is 9.53. The van der Waals surface area contributed by atoms with E-state index in [1.807, 2.05) is 32.0 Å². The number of hydrogen-bond acceptors (Lipinski definition) is 4. The molecule has 0 saturated carbocycles. The van der Waals surface area contributed by atoms with Crippen molar-refractivity contribution in [2.24, 2.45) is 0 Å². The molecule has 0 N–H and O–H groups in total. The van der Waals surface area contributed by atoms with Gasteiger partial charge in [0.25, 0.3) is 0 Å². The maximum atomic E-state index is 11.6. The van der Waals surface area contributed by atoms with Gasteiger partial charge in [-0.25, -0.2) is 4.31 Å². The molecule has 0 aliphatic rings. The van der Waals surface area contributed by atoms with Crippen molar-refractivity contribution in [2.45, 2.75) is 51.0 Å². The van der Waals surface area contributed by atoms with Crippen LogP contribution < -0.4 is 0 Å². The molecule has 1 atom stereocenters. The molecule has 6 heteroatoms. The monoisotopic (exact) mass is 483 g/mol. The van der Waals surface area contributed by atoms with E-state index >= 15 is 0 Å². The molecule has 0 aromatic heterocycles. The lowest BCUT2D eigenvalue weighted by atomic mass is 10.1. The number of nitrogens with zero attached hydrogens (tertiary/aromatic N) is 1. The number of benzene rings is 2. The van der Waals surface area contributed by atoms with E-state index in [-0.39, 0.29) is 12.0 Å². The molecule has 0 aliphatic heterocycles. The van der Waals surface area contributed by atoms with Gasteiger partial charge in [-0.2, -0.15) is 0 Å². The smallest absolute Gasteiger partial charge is 0.305 e. The average molecular weight is 485 g/mol. The summed E-state index contributed by atoms with van der Waals surface area (Å²) in [5.74, 6) is -0.118. The van der Waals surface area contributed by atoms with E-state index in [1.54, 1.807) is 11.9 Å². The molecule has 152 valence electrons. The van der Waals surface area contributed by atoms with E-state index in [1.165, 1.54) is 5.56 Å². The molecule has 2 aromatic carbocycles. The predicted octanol–water partition coefficient (Wildman–Crippen LogP) is 7.21. The number of ether oxygens (including phenoxy) is 1. The summed E-state index contributed by atoms with van der Waals surface area (Å²) in [6, 6.07) is 14.6. The highest BCUT2D eigenvalue weighted by Crippen LogP contribution is 2.36. The van der Waals surface area contributed by atoms with Gasteiger partial charge in [0, 0.05) is 33.4 Å². The van der Waals surface area contributed by atoms with Crippen molar-refractivity contribution >= 4 is 45.4 Å². The number of esters is 1. The van der Waals surface area contributed by atoms with E-state index in [9.17, 15) is 4.79 Å². The van der Waals surface area contributed by atoms with Crippen molar-refractivity contribution in [2.75, 3.05) is 13.2 Å². The maximum Gasteiger partial charge on any atom is 0.305 e. The lowest BCUT2D eigenvalue weighted by Gasteiger charge is -2.29. The molecule has 0 heterocycles. The molecule has 2 rings (SSSR count). The van der Waals surface area contributed by atoms with Crippen molar-refractivity contribution in [3.8, 4) is 0 Å². The van der Waals surface area contributed by atoms with Gasteiger partial charge in [-0.3, -0.25) is 4.79 Å². The van der Waals surface area contributed by atoms with Crippen molar-refractivity contribution < 1.29 is 9.53 Å². The summed E-state index contributed by atoms with van der Waals surface area (Å²) < 4.78 is 8.46. The number of hydrogen-bond donors (Lipinski definition) is 0. The fraction of sp³-hybridized carbons (Fsp3) is 0.409. The molecule has 28 heavy (non-hydrogen) atoms. The van der Waals surface area contributed by atoms with Gasteiger partial charge in [0.1, 0.15) is 0 Å². The molecule has 0 bridgehead atoms. The van der Waals surface area contributed by atoms with E-state index < -0.39 is 0 Å². The maximum absolute atomic E-state index is 11.6. The Balaban J connectivity index is 2.10. The van der Waals surface area contributed by atoms with Gasteiger partial charge in [-0.15, -0.1) is 0 Å². The summed E-state index contributed by atoms with van der Waals surface area (Å²) in [5, 5.41) is 0.780. The van der Waals surface area contributed by atoms with Crippen LogP contribution in [0.5, 0.6) is 0 Å². The number of rotatable bonds is 10. The van der Waals surface area contributed by atoms with Crippen LogP contribution in [0.3, 0.4) is 0 Å². The fourth-order valence-electron chi connectivity index (χ4n) is 2.83. The van der Waals surface area contributed by atoms with Crippen molar-refractivity contribution in [1.29, 1.82) is 0 Å². The topological polar surface area (TPSA) is 29.5 Å². The first kappa shape index (κ1) is 23.3.